The van der Waals surface area contributed by atoms with Crippen LogP contribution < -0.4 is 14.8 Å². The van der Waals surface area contributed by atoms with Gasteiger partial charge in [-0.15, -0.1) is 0 Å². The van der Waals surface area contributed by atoms with E-state index in [1.165, 1.54) is 16.4 Å². The molecule has 0 bridgehead atoms. The van der Waals surface area contributed by atoms with Crippen LogP contribution in [0.2, 0.25) is 0 Å². The maximum atomic E-state index is 13.1. The first kappa shape index (κ1) is 23.1. The van der Waals surface area contributed by atoms with Gasteiger partial charge < -0.3 is 20.8 Å². The minimum absolute atomic E-state index is 0.0440. The van der Waals surface area contributed by atoms with Gasteiger partial charge in [0.2, 0.25) is 0 Å². The lowest BCUT2D eigenvalue weighted by molar-refractivity contribution is 0.306. The zero-order valence-electron chi connectivity index (χ0n) is 17.3. The molecule has 3 rings (SSSR count). The summed E-state index contributed by atoms with van der Waals surface area (Å²) < 4.78 is 33.1. The van der Waals surface area contributed by atoms with Crippen molar-refractivity contribution in [3.8, 4) is 5.75 Å². The SMILES string of the molecule is NC(=NO)c1ccc(CCOc2cccc(N(CCO)S(=O)(=O)c3ccccc3)c2)cc1. The molecule has 0 radical (unpaired) electrons. The summed E-state index contributed by atoms with van der Waals surface area (Å²) in [6.45, 7) is -0.0240. The van der Waals surface area contributed by atoms with E-state index in [0.29, 0.717) is 30.0 Å². The summed E-state index contributed by atoms with van der Waals surface area (Å²) in [6, 6.07) is 22.1. The maximum Gasteiger partial charge on any atom is 0.264 e. The molecule has 168 valence electrons. The summed E-state index contributed by atoms with van der Waals surface area (Å²) >= 11 is 0. The van der Waals surface area contributed by atoms with E-state index in [1.807, 2.05) is 12.1 Å². The number of aliphatic hydroxyl groups excluding tert-OH is 1. The Morgan fingerprint density at radius 2 is 1.72 bits per heavy atom. The summed E-state index contributed by atoms with van der Waals surface area (Å²) in [6.07, 6.45) is 0.614. The number of oxime groups is 1. The van der Waals surface area contributed by atoms with Crippen LogP contribution in [-0.2, 0) is 16.4 Å². The van der Waals surface area contributed by atoms with Gasteiger partial charge in [-0.3, -0.25) is 4.31 Å². The van der Waals surface area contributed by atoms with Gasteiger partial charge in [-0.25, -0.2) is 8.42 Å². The van der Waals surface area contributed by atoms with Crippen molar-refractivity contribution in [2.75, 3.05) is 24.1 Å². The smallest absolute Gasteiger partial charge is 0.264 e. The highest BCUT2D eigenvalue weighted by atomic mass is 32.2. The fourth-order valence-corrected chi connectivity index (χ4v) is 4.58. The Labute approximate surface area is 187 Å². The third-order valence-electron chi connectivity index (χ3n) is 4.76. The van der Waals surface area contributed by atoms with Gasteiger partial charge in [-0.1, -0.05) is 53.7 Å². The number of rotatable bonds is 10. The number of ether oxygens (including phenoxy) is 1. The molecule has 0 saturated heterocycles. The van der Waals surface area contributed by atoms with Crippen molar-refractivity contribution in [2.24, 2.45) is 10.9 Å². The van der Waals surface area contributed by atoms with E-state index in [0.717, 1.165) is 5.56 Å². The molecule has 3 aromatic rings. The molecule has 0 heterocycles. The zero-order chi connectivity index (χ0) is 23.0. The van der Waals surface area contributed by atoms with Crippen molar-refractivity contribution < 1.29 is 23.5 Å². The largest absolute Gasteiger partial charge is 0.493 e. The van der Waals surface area contributed by atoms with E-state index >= 15 is 0 Å². The summed E-state index contributed by atoms with van der Waals surface area (Å²) in [5.41, 5.74) is 7.59. The molecule has 0 saturated carbocycles. The molecule has 0 aliphatic rings. The number of amidine groups is 1. The lowest BCUT2D eigenvalue weighted by atomic mass is 10.1. The monoisotopic (exact) mass is 455 g/mol. The Morgan fingerprint density at radius 3 is 2.38 bits per heavy atom. The van der Waals surface area contributed by atoms with Crippen LogP contribution in [0.4, 0.5) is 5.69 Å². The first-order valence-electron chi connectivity index (χ1n) is 9.94. The number of nitrogens with two attached hydrogens (primary N) is 1. The second kappa shape index (κ2) is 10.7. The van der Waals surface area contributed by atoms with E-state index in [-0.39, 0.29) is 23.9 Å². The standard InChI is InChI=1S/C23H25N3O5S/c24-23(25-28)19-11-9-18(10-12-19)13-16-31-21-6-4-5-20(17-21)26(14-15-27)32(29,30)22-7-2-1-3-8-22/h1-12,17,27-28H,13-16H2,(H2,24,25). The van der Waals surface area contributed by atoms with Crippen LogP contribution >= 0.6 is 0 Å². The highest BCUT2D eigenvalue weighted by Crippen LogP contribution is 2.27. The average molecular weight is 456 g/mol. The number of anilines is 1. The van der Waals surface area contributed by atoms with Crippen molar-refractivity contribution in [2.45, 2.75) is 11.3 Å². The highest BCUT2D eigenvalue weighted by molar-refractivity contribution is 7.92. The molecule has 8 nitrogen and oxygen atoms in total. The molecule has 0 spiro atoms. The number of hydrogen-bond acceptors (Lipinski definition) is 6. The lowest BCUT2D eigenvalue weighted by Crippen LogP contribution is -2.33. The van der Waals surface area contributed by atoms with Crippen molar-refractivity contribution in [1.29, 1.82) is 0 Å². The van der Waals surface area contributed by atoms with Crippen LogP contribution in [0.1, 0.15) is 11.1 Å². The van der Waals surface area contributed by atoms with E-state index in [4.69, 9.17) is 15.7 Å². The third kappa shape index (κ3) is 5.57. The topological polar surface area (TPSA) is 125 Å². The maximum absolute atomic E-state index is 13.1. The molecular formula is C23H25N3O5S. The van der Waals surface area contributed by atoms with Crippen molar-refractivity contribution in [3.63, 3.8) is 0 Å². The predicted molar refractivity (Wildman–Crippen MR) is 123 cm³/mol. The highest BCUT2D eigenvalue weighted by Gasteiger charge is 2.24. The normalized spacial score (nSPS) is 11.8. The summed E-state index contributed by atoms with van der Waals surface area (Å²) in [5.74, 6) is 0.560. The Bertz CT molecular complexity index is 1150. The zero-order valence-corrected chi connectivity index (χ0v) is 18.1. The number of sulfonamides is 1. The van der Waals surface area contributed by atoms with Gasteiger partial charge in [-0.05, 0) is 29.8 Å². The predicted octanol–water partition coefficient (Wildman–Crippen LogP) is 2.59. The van der Waals surface area contributed by atoms with Crippen LogP contribution in [-0.4, -0.2) is 44.3 Å². The van der Waals surface area contributed by atoms with Crippen LogP contribution in [0.25, 0.3) is 0 Å². The fraction of sp³-hybridized carbons (Fsp3) is 0.174. The van der Waals surface area contributed by atoms with Gasteiger partial charge >= 0.3 is 0 Å². The average Bonchev–Trinajstić information content (AvgIpc) is 2.83. The Balaban J connectivity index is 1.71. The first-order chi connectivity index (χ1) is 15.5. The van der Waals surface area contributed by atoms with E-state index < -0.39 is 10.0 Å². The second-order valence-corrected chi connectivity index (χ2v) is 8.75. The third-order valence-corrected chi connectivity index (χ3v) is 6.60. The van der Waals surface area contributed by atoms with Crippen molar-refractivity contribution >= 4 is 21.5 Å². The molecule has 0 fully saturated rings. The molecule has 9 heteroatoms. The van der Waals surface area contributed by atoms with Gasteiger partial charge in [-0.2, -0.15) is 0 Å². The van der Waals surface area contributed by atoms with Gasteiger partial charge in [0.05, 0.1) is 30.3 Å². The molecule has 0 aliphatic heterocycles. The molecule has 4 N–H and O–H groups in total. The van der Waals surface area contributed by atoms with Crippen LogP contribution in [0.5, 0.6) is 5.75 Å². The number of hydrogen-bond donors (Lipinski definition) is 3. The van der Waals surface area contributed by atoms with Crippen LogP contribution in [0.3, 0.4) is 0 Å². The van der Waals surface area contributed by atoms with Gasteiger partial charge in [0.1, 0.15) is 5.75 Å². The number of aliphatic hydroxyl groups is 1. The molecule has 3 aromatic carbocycles. The Kier molecular flexibility index (Phi) is 7.69. The van der Waals surface area contributed by atoms with E-state index in [1.54, 1.807) is 54.6 Å². The summed E-state index contributed by atoms with van der Waals surface area (Å²) in [5, 5.41) is 21.1. The van der Waals surface area contributed by atoms with Gasteiger partial charge in [0.25, 0.3) is 10.0 Å². The minimum atomic E-state index is -3.83. The quantitative estimate of drug-likeness (QED) is 0.187. The van der Waals surface area contributed by atoms with Crippen LogP contribution in [0.15, 0.2) is 88.9 Å². The Morgan fingerprint density at radius 1 is 1.00 bits per heavy atom. The minimum Gasteiger partial charge on any atom is -0.493 e. The molecule has 0 amide bonds. The van der Waals surface area contributed by atoms with Gasteiger partial charge in [0, 0.05) is 18.1 Å². The summed E-state index contributed by atoms with van der Waals surface area (Å²) in [7, 11) is -3.83. The molecule has 0 aromatic heterocycles. The molecule has 0 unspecified atom stereocenters. The van der Waals surface area contributed by atoms with Crippen LogP contribution in [0, 0.1) is 0 Å². The molecule has 32 heavy (non-hydrogen) atoms. The molecular weight excluding hydrogens is 430 g/mol. The number of benzene rings is 3. The van der Waals surface area contributed by atoms with Crippen molar-refractivity contribution in [1.82, 2.24) is 0 Å². The lowest BCUT2D eigenvalue weighted by Gasteiger charge is -2.24. The fourth-order valence-electron chi connectivity index (χ4n) is 3.11. The van der Waals surface area contributed by atoms with E-state index in [2.05, 4.69) is 5.16 Å². The number of nitrogens with zero attached hydrogens (tertiary/aromatic N) is 2. The molecule has 0 aliphatic carbocycles. The van der Waals surface area contributed by atoms with Crippen molar-refractivity contribution in [3.05, 3.63) is 90.0 Å². The second-order valence-electron chi connectivity index (χ2n) is 6.89. The van der Waals surface area contributed by atoms with E-state index in [9.17, 15) is 13.5 Å². The molecule has 0 atom stereocenters. The summed E-state index contributed by atoms with van der Waals surface area (Å²) in [4.78, 5) is 0.148. The van der Waals surface area contributed by atoms with Gasteiger partial charge in [0.15, 0.2) is 5.84 Å². The first-order valence-corrected chi connectivity index (χ1v) is 11.4. The Hall–Kier alpha value is -3.56.